The molecule has 0 spiro atoms. The Labute approximate surface area is 214 Å². The highest BCUT2D eigenvalue weighted by Crippen LogP contribution is 2.38. The number of aldehydes is 1. The van der Waals surface area contributed by atoms with Gasteiger partial charge in [-0.3, -0.25) is 4.90 Å². The fourth-order valence-electron chi connectivity index (χ4n) is 6.25. The van der Waals surface area contributed by atoms with Crippen LogP contribution in [-0.2, 0) is 4.79 Å². The average molecular weight is 494 g/mol. The molecule has 3 heterocycles. The number of carbonyl (C=O) groups excluding carboxylic acids is 1. The minimum absolute atomic E-state index is 0.185. The van der Waals surface area contributed by atoms with Crippen LogP contribution in [0.4, 0.5) is 28.8 Å². The minimum Gasteiger partial charge on any atom is -0.395 e. The number of nitrogens with one attached hydrogen (secondary N) is 1. The molecule has 0 radical (unpaired) electrons. The highest BCUT2D eigenvalue weighted by atomic mass is 16.3. The number of aliphatic hydroxyl groups excluding tert-OH is 1. The van der Waals surface area contributed by atoms with Crippen molar-refractivity contribution in [2.45, 2.75) is 63.7 Å². The van der Waals surface area contributed by atoms with Gasteiger partial charge in [0.15, 0.2) is 5.82 Å². The largest absolute Gasteiger partial charge is 0.395 e. The summed E-state index contributed by atoms with van der Waals surface area (Å²) in [5.41, 5.74) is 3.10. The molecule has 2 aliphatic heterocycles. The smallest absolute Gasteiger partial charge is 0.229 e. The Morgan fingerprint density at radius 1 is 1.08 bits per heavy atom. The molecule has 2 N–H and O–H groups in total. The summed E-state index contributed by atoms with van der Waals surface area (Å²) in [6.45, 7) is 7.91. The van der Waals surface area contributed by atoms with E-state index in [4.69, 9.17) is 4.98 Å². The van der Waals surface area contributed by atoms with Crippen molar-refractivity contribution in [2.75, 3.05) is 59.9 Å². The molecular weight excluding hydrogens is 454 g/mol. The van der Waals surface area contributed by atoms with E-state index in [-0.39, 0.29) is 12.6 Å². The summed E-state index contributed by atoms with van der Waals surface area (Å²) in [6.07, 6.45) is 7.55. The molecule has 2 fully saturated rings. The molecule has 1 aliphatic carbocycles. The van der Waals surface area contributed by atoms with Crippen LogP contribution in [0.5, 0.6) is 0 Å². The van der Waals surface area contributed by atoms with Gasteiger partial charge >= 0.3 is 0 Å². The van der Waals surface area contributed by atoms with Gasteiger partial charge in [0.25, 0.3) is 0 Å². The van der Waals surface area contributed by atoms with Crippen molar-refractivity contribution in [3.63, 3.8) is 0 Å². The lowest BCUT2D eigenvalue weighted by atomic mass is 10.1. The third-order valence-corrected chi connectivity index (χ3v) is 8.05. The van der Waals surface area contributed by atoms with Crippen LogP contribution in [0.15, 0.2) is 30.5 Å². The number of rotatable bonds is 7. The number of hydrogen-bond acceptors (Lipinski definition) is 9. The average Bonchev–Trinajstić information content (AvgIpc) is 3.41. The molecule has 9 nitrogen and oxygen atoms in total. The molecule has 194 valence electrons. The van der Waals surface area contributed by atoms with Gasteiger partial charge in [-0.15, -0.1) is 0 Å². The van der Waals surface area contributed by atoms with Gasteiger partial charge in [-0.1, -0.05) is 12.8 Å². The first-order valence-corrected chi connectivity index (χ1v) is 13.3. The molecule has 36 heavy (non-hydrogen) atoms. The first-order chi connectivity index (χ1) is 17.5. The number of anilines is 5. The topological polar surface area (TPSA) is 88.1 Å². The number of likely N-dealkylation sites (N-methyl/N-ethyl adjacent to an activating group) is 1. The Bertz CT molecular complexity index is 1030. The minimum atomic E-state index is -0.185. The monoisotopic (exact) mass is 493 g/mol. The molecule has 1 aromatic carbocycles. The molecule has 0 bridgehead atoms. The number of piperazine rings is 1. The summed E-state index contributed by atoms with van der Waals surface area (Å²) in [6, 6.07) is 9.38. The molecule has 1 saturated heterocycles. The SMILES string of the molecule is CC1CN(c2ccc(Nc3ncc4c(n3)N(C3CCCC3)C(C=O)CN4C)cc2)CC(C)N1CCO. The molecule has 1 saturated carbocycles. The van der Waals surface area contributed by atoms with Crippen molar-refractivity contribution in [2.24, 2.45) is 0 Å². The van der Waals surface area contributed by atoms with Gasteiger partial charge in [0.1, 0.15) is 12.3 Å². The van der Waals surface area contributed by atoms with E-state index in [2.05, 4.69) is 68.0 Å². The Morgan fingerprint density at radius 3 is 2.42 bits per heavy atom. The van der Waals surface area contributed by atoms with Crippen molar-refractivity contribution >= 4 is 35.1 Å². The second-order valence-electron chi connectivity index (χ2n) is 10.6. The molecule has 3 unspecified atom stereocenters. The highest BCUT2D eigenvalue weighted by molar-refractivity contribution is 5.78. The van der Waals surface area contributed by atoms with Crippen LogP contribution in [0.1, 0.15) is 39.5 Å². The van der Waals surface area contributed by atoms with Gasteiger partial charge in [0.2, 0.25) is 5.95 Å². The van der Waals surface area contributed by atoms with E-state index >= 15 is 0 Å². The summed E-state index contributed by atoms with van der Waals surface area (Å²) in [5.74, 6) is 1.40. The van der Waals surface area contributed by atoms with Crippen molar-refractivity contribution in [3.8, 4) is 0 Å². The predicted molar refractivity (Wildman–Crippen MR) is 145 cm³/mol. The Balaban J connectivity index is 1.32. The summed E-state index contributed by atoms with van der Waals surface area (Å²) in [5, 5.41) is 12.7. The molecule has 9 heteroatoms. The number of aliphatic hydroxyl groups is 1. The normalized spacial score (nSPS) is 25.2. The number of hydrogen-bond donors (Lipinski definition) is 2. The van der Waals surface area contributed by atoms with Gasteiger partial charge in [0.05, 0.1) is 18.5 Å². The number of aromatic nitrogens is 2. The zero-order chi connectivity index (χ0) is 25.2. The fraction of sp³-hybridized carbons (Fsp3) is 0.593. The third-order valence-electron chi connectivity index (χ3n) is 8.05. The number of fused-ring (bicyclic) bond motifs is 1. The lowest BCUT2D eigenvalue weighted by Crippen LogP contribution is -2.57. The molecule has 5 rings (SSSR count). The van der Waals surface area contributed by atoms with Crippen LogP contribution < -0.4 is 20.0 Å². The van der Waals surface area contributed by atoms with Crippen molar-refractivity contribution in [1.29, 1.82) is 0 Å². The van der Waals surface area contributed by atoms with Crippen LogP contribution in [0.2, 0.25) is 0 Å². The van der Waals surface area contributed by atoms with Crippen LogP contribution in [0.25, 0.3) is 0 Å². The number of nitrogens with zero attached hydrogens (tertiary/aromatic N) is 6. The second-order valence-corrected chi connectivity index (χ2v) is 10.6. The van der Waals surface area contributed by atoms with Gasteiger partial charge in [0, 0.05) is 62.7 Å². The van der Waals surface area contributed by atoms with Crippen LogP contribution in [-0.4, -0.2) is 90.3 Å². The molecule has 3 atom stereocenters. The summed E-state index contributed by atoms with van der Waals surface area (Å²) >= 11 is 0. The zero-order valence-electron chi connectivity index (χ0n) is 21.7. The zero-order valence-corrected chi connectivity index (χ0v) is 21.7. The van der Waals surface area contributed by atoms with E-state index in [0.29, 0.717) is 30.6 Å². The Morgan fingerprint density at radius 2 is 1.78 bits per heavy atom. The molecule has 1 aromatic heterocycles. The molecular formula is C27H39N7O2. The Hall–Kier alpha value is -2.91. The van der Waals surface area contributed by atoms with Crippen LogP contribution in [0, 0.1) is 0 Å². The van der Waals surface area contributed by atoms with Crippen molar-refractivity contribution in [3.05, 3.63) is 30.5 Å². The number of carbonyl (C=O) groups is 1. The van der Waals surface area contributed by atoms with Crippen molar-refractivity contribution in [1.82, 2.24) is 14.9 Å². The fourth-order valence-corrected chi connectivity index (χ4v) is 6.25. The van der Waals surface area contributed by atoms with Gasteiger partial charge < -0.3 is 29.9 Å². The lowest BCUT2D eigenvalue weighted by Gasteiger charge is -2.45. The van der Waals surface area contributed by atoms with Gasteiger partial charge in [-0.2, -0.15) is 4.98 Å². The Kier molecular flexibility index (Phi) is 7.29. The lowest BCUT2D eigenvalue weighted by molar-refractivity contribution is -0.109. The van der Waals surface area contributed by atoms with E-state index in [0.717, 1.165) is 56.0 Å². The van der Waals surface area contributed by atoms with Gasteiger partial charge in [-0.25, -0.2) is 4.98 Å². The molecule has 2 aromatic rings. The molecule has 3 aliphatic rings. The van der Waals surface area contributed by atoms with Crippen LogP contribution in [0.3, 0.4) is 0 Å². The summed E-state index contributed by atoms with van der Waals surface area (Å²) < 4.78 is 0. The standard InChI is InChI=1S/C27H39N7O2/c1-19-15-32(16-20(2)33(19)12-13-35)22-10-8-21(9-11-22)29-27-28-14-25-26(30-27)34(23-6-4-5-7-23)24(18-36)17-31(25)3/h8-11,14,18-20,23-24,35H,4-7,12-13,15-17H2,1-3H3,(H,28,29,30). The third kappa shape index (κ3) is 4.86. The van der Waals surface area contributed by atoms with Crippen molar-refractivity contribution < 1.29 is 9.90 Å². The van der Waals surface area contributed by atoms with E-state index in [1.807, 2.05) is 13.2 Å². The van der Waals surface area contributed by atoms with E-state index in [9.17, 15) is 9.90 Å². The maximum absolute atomic E-state index is 12.0. The van der Waals surface area contributed by atoms with Crippen LogP contribution >= 0.6 is 0 Å². The number of benzene rings is 1. The first-order valence-electron chi connectivity index (χ1n) is 13.3. The quantitative estimate of drug-likeness (QED) is 0.565. The summed E-state index contributed by atoms with van der Waals surface area (Å²) in [4.78, 5) is 30.6. The highest BCUT2D eigenvalue weighted by Gasteiger charge is 2.36. The summed E-state index contributed by atoms with van der Waals surface area (Å²) in [7, 11) is 2.00. The predicted octanol–water partition coefficient (Wildman–Crippen LogP) is 2.88. The molecule has 0 amide bonds. The maximum atomic E-state index is 12.0. The first kappa shape index (κ1) is 24.8. The maximum Gasteiger partial charge on any atom is 0.229 e. The van der Waals surface area contributed by atoms with E-state index < -0.39 is 0 Å². The van der Waals surface area contributed by atoms with E-state index in [1.54, 1.807) is 0 Å². The second kappa shape index (κ2) is 10.6. The number of β-amino-alcohol motifs (C(OH)–C–C–N with tert-alkyl or cyclic N) is 1. The van der Waals surface area contributed by atoms with E-state index in [1.165, 1.54) is 18.5 Å². The van der Waals surface area contributed by atoms with Gasteiger partial charge in [-0.05, 0) is 51.0 Å².